The first kappa shape index (κ1) is 15.8. The Kier molecular flexibility index (Phi) is 4.01. The van der Waals surface area contributed by atoms with Crippen LogP contribution in [0.2, 0.25) is 0 Å². The quantitative estimate of drug-likeness (QED) is 0.877. The van der Waals surface area contributed by atoms with E-state index in [2.05, 4.69) is 0 Å². The molecule has 0 aromatic heterocycles. The molecule has 3 rings (SSSR count). The van der Waals surface area contributed by atoms with Crippen molar-refractivity contribution in [1.82, 2.24) is 0 Å². The van der Waals surface area contributed by atoms with Gasteiger partial charge in [-0.05, 0) is 36.5 Å². The van der Waals surface area contributed by atoms with Crippen LogP contribution in [0.15, 0.2) is 24.3 Å². The number of primary amides is 1. The van der Waals surface area contributed by atoms with E-state index >= 15 is 0 Å². The summed E-state index contributed by atoms with van der Waals surface area (Å²) in [5.41, 5.74) is 6.84. The molecule has 23 heavy (non-hydrogen) atoms. The minimum absolute atomic E-state index is 0.106. The van der Waals surface area contributed by atoms with Crippen molar-refractivity contribution in [3.63, 3.8) is 0 Å². The molecule has 2 heterocycles. The number of nitrogens with two attached hydrogens (primary N) is 1. The van der Waals surface area contributed by atoms with E-state index in [0.717, 1.165) is 5.56 Å². The number of nitrogens with zero attached hydrogens (tertiary/aromatic N) is 1. The fraction of sp³-hybridized carbons (Fsp3) is 0.467. The van der Waals surface area contributed by atoms with Gasteiger partial charge in [0, 0.05) is 5.69 Å². The molecule has 0 saturated carbocycles. The molecule has 124 valence electrons. The zero-order valence-corrected chi connectivity index (χ0v) is 13.3. The van der Waals surface area contributed by atoms with E-state index < -0.39 is 27.9 Å². The first-order valence-corrected chi connectivity index (χ1v) is 9.26. The Bertz CT molecular complexity index is 715. The molecule has 1 aromatic rings. The van der Waals surface area contributed by atoms with Gasteiger partial charge in [0.05, 0.1) is 18.1 Å². The average Bonchev–Trinajstić information content (AvgIpc) is 2.90. The van der Waals surface area contributed by atoms with E-state index in [1.807, 2.05) is 12.1 Å². The van der Waals surface area contributed by atoms with Crippen LogP contribution in [0.5, 0.6) is 0 Å². The summed E-state index contributed by atoms with van der Waals surface area (Å²) in [6, 6.07) is 7.35. The second-order valence-electron chi connectivity index (χ2n) is 5.90. The number of amides is 2. The lowest BCUT2D eigenvalue weighted by atomic mass is 9.93. The van der Waals surface area contributed by atoms with Crippen LogP contribution in [-0.4, -0.2) is 44.6 Å². The largest absolute Gasteiger partial charge is 0.434 e. The summed E-state index contributed by atoms with van der Waals surface area (Å²) in [5.74, 6) is -0.00610. The molecule has 7 nitrogen and oxygen atoms in total. The molecule has 0 radical (unpaired) electrons. The summed E-state index contributed by atoms with van der Waals surface area (Å²) in [5, 5.41) is 0. The Morgan fingerprint density at radius 3 is 2.30 bits per heavy atom. The van der Waals surface area contributed by atoms with Crippen molar-refractivity contribution in [2.45, 2.75) is 24.9 Å². The first-order chi connectivity index (χ1) is 10.9. The Balaban J connectivity index is 1.70. The molecule has 0 spiro atoms. The summed E-state index contributed by atoms with van der Waals surface area (Å²) >= 11 is 0. The highest BCUT2D eigenvalue weighted by Crippen LogP contribution is 2.31. The summed E-state index contributed by atoms with van der Waals surface area (Å²) in [7, 11) is -2.88. The number of anilines is 1. The lowest BCUT2D eigenvalue weighted by Gasteiger charge is -2.23. The monoisotopic (exact) mass is 338 g/mol. The highest BCUT2D eigenvalue weighted by Gasteiger charge is 2.35. The maximum atomic E-state index is 11.8. The predicted octanol–water partition coefficient (Wildman–Crippen LogP) is 0.789. The van der Waals surface area contributed by atoms with Gasteiger partial charge in [-0.15, -0.1) is 0 Å². The molecule has 0 bridgehead atoms. The number of cyclic esters (lactones) is 1. The molecular formula is C15H18N2O5S. The molecule has 2 saturated heterocycles. The molecular weight excluding hydrogens is 320 g/mol. The molecule has 2 N–H and O–H groups in total. The number of hydrogen-bond donors (Lipinski definition) is 1. The van der Waals surface area contributed by atoms with Gasteiger partial charge in [0.2, 0.25) is 0 Å². The summed E-state index contributed by atoms with van der Waals surface area (Å²) in [6.07, 6.45) is -0.273. The molecule has 0 unspecified atom stereocenters. The number of hydrogen-bond acceptors (Lipinski definition) is 5. The van der Waals surface area contributed by atoms with Crippen molar-refractivity contribution in [2.75, 3.05) is 23.0 Å². The van der Waals surface area contributed by atoms with E-state index in [1.165, 1.54) is 4.90 Å². The maximum absolute atomic E-state index is 11.8. The van der Waals surface area contributed by atoms with E-state index in [-0.39, 0.29) is 24.0 Å². The molecule has 1 aromatic carbocycles. The van der Waals surface area contributed by atoms with Crippen LogP contribution in [0.25, 0.3) is 0 Å². The SMILES string of the molecule is NC(=O)[C@H]1CN(c2ccc(C3CCS(=O)(=O)CC3)cc2)C(=O)O1. The van der Waals surface area contributed by atoms with E-state index in [0.29, 0.717) is 18.5 Å². The van der Waals surface area contributed by atoms with Crippen molar-refractivity contribution in [2.24, 2.45) is 5.73 Å². The maximum Gasteiger partial charge on any atom is 0.415 e. The summed E-state index contributed by atoms with van der Waals surface area (Å²) in [4.78, 5) is 24.2. The van der Waals surface area contributed by atoms with Gasteiger partial charge >= 0.3 is 6.09 Å². The Morgan fingerprint density at radius 2 is 1.78 bits per heavy atom. The Hall–Kier alpha value is -2.09. The van der Waals surface area contributed by atoms with Crippen molar-refractivity contribution in [1.29, 1.82) is 0 Å². The van der Waals surface area contributed by atoms with Crippen molar-refractivity contribution in [3.05, 3.63) is 29.8 Å². The number of rotatable bonds is 3. The minimum Gasteiger partial charge on any atom is -0.434 e. The molecule has 0 aliphatic carbocycles. The van der Waals surface area contributed by atoms with Gasteiger partial charge in [0.25, 0.3) is 5.91 Å². The topological polar surface area (TPSA) is 107 Å². The van der Waals surface area contributed by atoms with Crippen LogP contribution in [-0.2, 0) is 19.4 Å². The van der Waals surface area contributed by atoms with E-state index in [9.17, 15) is 18.0 Å². The number of ether oxygens (including phenoxy) is 1. The van der Waals surface area contributed by atoms with Gasteiger partial charge in [-0.1, -0.05) is 12.1 Å². The van der Waals surface area contributed by atoms with Gasteiger partial charge in [-0.2, -0.15) is 0 Å². The molecule has 2 amide bonds. The highest BCUT2D eigenvalue weighted by atomic mass is 32.2. The average molecular weight is 338 g/mol. The zero-order valence-electron chi connectivity index (χ0n) is 12.5. The molecule has 2 fully saturated rings. The summed E-state index contributed by atoms with van der Waals surface area (Å²) < 4.78 is 27.9. The third-order valence-electron chi connectivity index (χ3n) is 4.36. The molecule has 2 aliphatic rings. The lowest BCUT2D eigenvalue weighted by Crippen LogP contribution is -2.32. The third-order valence-corrected chi connectivity index (χ3v) is 6.08. The van der Waals surface area contributed by atoms with Gasteiger partial charge in [-0.3, -0.25) is 9.69 Å². The van der Waals surface area contributed by atoms with Crippen LogP contribution in [0.4, 0.5) is 10.5 Å². The number of carbonyl (C=O) groups excluding carboxylic acids is 2. The van der Waals surface area contributed by atoms with E-state index in [1.54, 1.807) is 12.1 Å². The zero-order chi connectivity index (χ0) is 16.6. The van der Waals surface area contributed by atoms with Gasteiger partial charge in [0.1, 0.15) is 9.84 Å². The first-order valence-electron chi connectivity index (χ1n) is 7.43. The minimum atomic E-state index is -2.88. The van der Waals surface area contributed by atoms with E-state index in [4.69, 9.17) is 10.5 Å². The summed E-state index contributed by atoms with van der Waals surface area (Å²) in [6.45, 7) is 0.106. The molecule has 2 aliphatic heterocycles. The normalized spacial score (nSPS) is 24.4. The number of carbonyl (C=O) groups is 2. The van der Waals surface area contributed by atoms with Crippen molar-refractivity contribution >= 4 is 27.5 Å². The second kappa shape index (κ2) is 5.84. The second-order valence-corrected chi connectivity index (χ2v) is 8.21. The third kappa shape index (κ3) is 3.31. The standard InChI is InChI=1S/C15H18N2O5S/c16-14(18)13-9-17(15(19)22-13)12-3-1-10(2-4-12)11-5-7-23(20,21)8-6-11/h1-4,11,13H,5-9H2,(H2,16,18)/t13-/m1/s1. The van der Waals surface area contributed by atoms with Crippen LogP contribution < -0.4 is 10.6 Å². The fourth-order valence-corrected chi connectivity index (χ4v) is 4.46. The predicted molar refractivity (Wildman–Crippen MR) is 83.9 cm³/mol. The molecule has 8 heteroatoms. The Labute approximate surface area is 134 Å². The van der Waals surface area contributed by atoms with Crippen LogP contribution in [0, 0.1) is 0 Å². The lowest BCUT2D eigenvalue weighted by molar-refractivity contribution is -0.124. The van der Waals surface area contributed by atoms with Gasteiger partial charge < -0.3 is 10.5 Å². The van der Waals surface area contributed by atoms with Crippen molar-refractivity contribution < 1.29 is 22.7 Å². The fourth-order valence-electron chi connectivity index (χ4n) is 2.97. The van der Waals surface area contributed by atoms with Gasteiger partial charge in [-0.25, -0.2) is 13.2 Å². The van der Waals surface area contributed by atoms with Crippen LogP contribution in [0.1, 0.15) is 24.3 Å². The highest BCUT2D eigenvalue weighted by molar-refractivity contribution is 7.91. The van der Waals surface area contributed by atoms with Crippen LogP contribution in [0.3, 0.4) is 0 Å². The molecule has 1 atom stereocenters. The number of benzene rings is 1. The smallest absolute Gasteiger partial charge is 0.415 e. The van der Waals surface area contributed by atoms with Crippen molar-refractivity contribution in [3.8, 4) is 0 Å². The van der Waals surface area contributed by atoms with Gasteiger partial charge in [0.15, 0.2) is 6.10 Å². The Morgan fingerprint density at radius 1 is 1.17 bits per heavy atom. The number of sulfone groups is 1. The van der Waals surface area contributed by atoms with Crippen LogP contribution >= 0.6 is 0 Å².